The highest BCUT2D eigenvalue weighted by Crippen LogP contribution is 2.12. The minimum absolute atomic E-state index is 0.123. The first-order chi connectivity index (χ1) is 7.13. The quantitative estimate of drug-likeness (QED) is 0.462. The molecule has 1 aromatic rings. The number of nitrogens with zero attached hydrogens (tertiary/aromatic N) is 2. The smallest absolute Gasteiger partial charge is 0.363 e. The van der Waals surface area contributed by atoms with Crippen LogP contribution in [0.1, 0.15) is 13.3 Å². The number of anilines is 1. The van der Waals surface area contributed by atoms with Gasteiger partial charge in [0, 0.05) is 18.5 Å². The molecule has 0 aliphatic rings. The normalized spacial score (nSPS) is 11.5. The van der Waals surface area contributed by atoms with E-state index in [1.165, 1.54) is 12.3 Å². The molecule has 78 valence electrons. The first-order valence-corrected chi connectivity index (χ1v) is 4.44. The highest BCUT2D eigenvalue weighted by atomic mass is 16.6. The van der Waals surface area contributed by atoms with E-state index in [2.05, 4.69) is 16.2 Å². The van der Waals surface area contributed by atoms with Crippen molar-refractivity contribution < 1.29 is 4.92 Å². The van der Waals surface area contributed by atoms with Gasteiger partial charge in [0.15, 0.2) is 6.20 Å². The Balaban J connectivity index is 2.65. The third-order valence-corrected chi connectivity index (χ3v) is 1.77. The summed E-state index contributed by atoms with van der Waals surface area (Å²) in [5.74, 6) is 2.36. The summed E-state index contributed by atoms with van der Waals surface area (Å²) < 4.78 is 0. The van der Waals surface area contributed by atoms with Gasteiger partial charge in [-0.25, -0.2) is 0 Å². The molecule has 0 aromatic carbocycles. The molecule has 15 heavy (non-hydrogen) atoms. The first kappa shape index (κ1) is 11.0. The molecular weight excluding hydrogens is 194 g/mol. The maximum absolute atomic E-state index is 10.3. The lowest BCUT2D eigenvalue weighted by Gasteiger charge is -2.10. The predicted molar refractivity (Wildman–Crippen MR) is 57.4 cm³/mol. The molecule has 0 spiro atoms. The van der Waals surface area contributed by atoms with Crippen LogP contribution in [0.15, 0.2) is 18.3 Å². The Kier molecular flexibility index (Phi) is 3.63. The molecule has 0 aliphatic heterocycles. The van der Waals surface area contributed by atoms with Crippen LogP contribution in [0.25, 0.3) is 0 Å². The molecule has 0 saturated carbocycles. The minimum Gasteiger partial charge on any atom is -0.379 e. The van der Waals surface area contributed by atoms with Gasteiger partial charge in [0.2, 0.25) is 0 Å². The predicted octanol–water partition coefficient (Wildman–Crippen LogP) is 1.81. The summed E-state index contributed by atoms with van der Waals surface area (Å²) in [6.07, 6.45) is 7.17. The topological polar surface area (TPSA) is 68.1 Å². The van der Waals surface area contributed by atoms with E-state index >= 15 is 0 Å². The number of hydrogen-bond acceptors (Lipinski definition) is 4. The summed E-state index contributed by atoms with van der Waals surface area (Å²) in [7, 11) is 0. The summed E-state index contributed by atoms with van der Waals surface area (Å²) >= 11 is 0. The maximum atomic E-state index is 10.3. The van der Waals surface area contributed by atoms with Gasteiger partial charge in [-0.2, -0.15) is 0 Å². The van der Waals surface area contributed by atoms with Crippen LogP contribution in [-0.4, -0.2) is 15.9 Å². The average Bonchev–Trinajstić information content (AvgIpc) is 2.18. The molecule has 5 nitrogen and oxygen atoms in total. The summed E-state index contributed by atoms with van der Waals surface area (Å²) in [5.41, 5.74) is 0.725. The van der Waals surface area contributed by atoms with Crippen molar-refractivity contribution >= 4 is 11.5 Å². The van der Waals surface area contributed by atoms with Crippen LogP contribution < -0.4 is 5.32 Å². The lowest BCUT2D eigenvalue weighted by molar-refractivity contribution is -0.389. The molecule has 0 saturated heterocycles. The number of terminal acetylenes is 1. The van der Waals surface area contributed by atoms with Gasteiger partial charge < -0.3 is 15.4 Å². The Hall–Kier alpha value is -2.09. The van der Waals surface area contributed by atoms with Crippen LogP contribution in [0.4, 0.5) is 11.5 Å². The molecular formula is C10H11N3O2. The van der Waals surface area contributed by atoms with Gasteiger partial charge in [-0.1, -0.05) is 0 Å². The third kappa shape index (κ3) is 3.27. The van der Waals surface area contributed by atoms with E-state index in [0.717, 1.165) is 5.69 Å². The molecule has 1 unspecified atom stereocenters. The van der Waals surface area contributed by atoms with Crippen LogP contribution in [-0.2, 0) is 0 Å². The Morgan fingerprint density at radius 3 is 2.93 bits per heavy atom. The largest absolute Gasteiger partial charge is 0.379 e. The summed E-state index contributed by atoms with van der Waals surface area (Å²) in [6, 6.07) is 3.08. The van der Waals surface area contributed by atoms with E-state index in [1.54, 1.807) is 6.07 Å². The Bertz CT molecular complexity index is 381. The van der Waals surface area contributed by atoms with E-state index in [9.17, 15) is 10.1 Å². The molecule has 1 N–H and O–H groups in total. The highest BCUT2D eigenvalue weighted by Gasteiger charge is 2.07. The van der Waals surface area contributed by atoms with E-state index < -0.39 is 4.92 Å². The second kappa shape index (κ2) is 4.96. The second-order valence-corrected chi connectivity index (χ2v) is 3.12. The second-order valence-electron chi connectivity index (χ2n) is 3.12. The van der Waals surface area contributed by atoms with Crippen molar-refractivity contribution in [3.8, 4) is 12.3 Å². The average molecular weight is 205 g/mol. The first-order valence-electron chi connectivity index (χ1n) is 4.44. The molecule has 0 aliphatic carbocycles. The van der Waals surface area contributed by atoms with Gasteiger partial charge in [-0.3, -0.25) is 0 Å². The fourth-order valence-corrected chi connectivity index (χ4v) is 1.09. The zero-order valence-electron chi connectivity index (χ0n) is 8.30. The van der Waals surface area contributed by atoms with Gasteiger partial charge in [0.25, 0.3) is 0 Å². The highest BCUT2D eigenvalue weighted by molar-refractivity contribution is 5.44. The fourth-order valence-electron chi connectivity index (χ4n) is 1.09. The molecule has 1 aromatic heterocycles. The molecule has 0 amide bonds. The number of pyridine rings is 1. The number of hydrogen-bond donors (Lipinski definition) is 1. The Labute approximate surface area is 87.7 Å². The summed E-state index contributed by atoms with van der Waals surface area (Å²) in [5, 5.41) is 13.4. The molecule has 1 heterocycles. The summed E-state index contributed by atoms with van der Waals surface area (Å²) in [4.78, 5) is 13.5. The molecule has 0 radical (unpaired) electrons. The van der Waals surface area contributed by atoms with Crippen LogP contribution in [0, 0.1) is 22.5 Å². The molecule has 1 rings (SSSR count). The van der Waals surface area contributed by atoms with E-state index in [1.807, 2.05) is 6.92 Å². The van der Waals surface area contributed by atoms with Crippen LogP contribution in [0.3, 0.4) is 0 Å². The van der Waals surface area contributed by atoms with Crippen molar-refractivity contribution in [1.82, 2.24) is 4.98 Å². The molecule has 5 heteroatoms. The summed E-state index contributed by atoms with van der Waals surface area (Å²) in [6.45, 7) is 1.93. The van der Waals surface area contributed by atoms with E-state index in [0.29, 0.717) is 6.42 Å². The Morgan fingerprint density at radius 2 is 2.47 bits per heavy atom. The van der Waals surface area contributed by atoms with Crippen molar-refractivity contribution in [3.05, 3.63) is 28.4 Å². The van der Waals surface area contributed by atoms with E-state index in [4.69, 9.17) is 6.42 Å². The van der Waals surface area contributed by atoms with Gasteiger partial charge in [0.05, 0.1) is 5.69 Å². The van der Waals surface area contributed by atoms with Gasteiger partial charge in [-0.15, -0.1) is 12.3 Å². The van der Waals surface area contributed by atoms with Crippen molar-refractivity contribution in [2.45, 2.75) is 19.4 Å². The van der Waals surface area contributed by atoms with Crippen molar-refractivity contribution in [2.75, 3.05) is 5.32 Å². The van der Waals surface area contributed by atoms with Gasteiger partial charge in [0.1, 0.15) is 0 Å². The molecule has 0 bridgehead atoms. The van der Waals surface area contributed by atoms with Crippen molar-refractivity contribution in [3.63, 3.8) is 0 Å². The minimum atomic E-state index is -0.533. The van der Waals surface area contributed by atoms with Gasteiger partial charge >= 0.3 is 5.82 Å². The molecule has 0 fully saturated rings. The standard InChI is InChI=1S/C10H11N3O2/c1-3-4-8(2)12-9-5-6-10(11-7-9)13(14)15/h1,5-8,12H,4H2,2H3. The van der Waals surface area contributed by atoms with Crippen molar-refractivity contribution in [2.24, 2.45) is 0 Å². The Morgan fingerprint density at radius 1 is 1.73 bits per heavy atom. The third-order valence-electron chi connectivity index (χ3n) is 1.77. The van der Waals surface area contributed by atoms with Crippen LogP contribution in [0.2, 0.25) is 0 Å². The monoisotopic (exact) mass is 205 g/mol. The number of nitrogens with one attached hydrogen (secondary N) is 1. The number of nitro groups is 1. The lowest BCUT2D eigenvalue weighted by Crippen LogP contribution is -2.14. The van der Waals surface area contributed by atoms with Crippen LogP contribution >= 0.6 is 0 Å². The van der Waals surface area contributed by atoms with Gasteiger partial charge in [-0.05, 0) is 22.9 Å². The number of aromatic nitrogens is 1. The SMILES string of the molecule is C#CCC(C)Nc1ccc([N+](=O)[O-])nc1. The zero-order chi connectivity index (χ0) is 11.3. The number of rotatable bonds is 4. The van der Waals surface area contributed by atoms with E-state index in [-0.39, 0.29) is 11.9 Å². The van der Waals surface area contributed by atoms with Crippen LogP contribution in [0.5, 0.6) is 0 Å². The lowest BCUT2D eigenvalue weighted by atomic mass is 10.2. The van der Waals surface area contributed by atoms with Crippen molar-refractivity contribution in [1.29, 1.82) is 0 Å². The zero-order valence-corrected chi connectivity index (χ0v) is 8.30. The molecule has 1 atom stereocenters. The maximum Gasteiger partial charge on any atom is 0.363 e. The fraction of sp³-hybridized carbons (Fsp3) is 0.300.